The number of rotatable bonds is 5. The van der Waals surface area contributed by atoms with Crippen molar-refractivity contribution in [2.75, 3.05) is 0 Å². The van der Waals surface area contributed by atoms with Crippen molar-refractivity contribution in [1.29, 1.82) is 0 Å². The zero-order chi connectivity index (χ0) is 23.3. The lowest BCUT2D eigenvalue weighted by Crippen LogP contribution is -2.07. The third-order valence-electron chi connectivity index (χ3n) is 5.46. The minimum absolute atomic E-state index is 0.256. The predicted molar refractivity (Wildman–Crippen MR) is 139 cm³/mol. The maximum Gasteiger partial charge on any atom is 0.363 e. The van der Waals surface area contributed by atoms with Crippen LogP contribution in [-0.2, 0) is 0 Å². The number of nitrogens with zero attached hydrogens (tertiary/aromatic N) is 1. The zero-order valence-corrected chi connectivity index (χ0v) is 18.9. The Hall–Kier alpha value is -4.21. The summed E-state index contributed by atoms with van der Waals surface area (Å²) < 4.78 is 5.76. The summed E-state index contributed by atoms with van der Waals surface area (Å²) >= 11 is 6.05. The molecule has 3 nitrogen and oxygen atoms in total. The molecule has 0 spiro atoms. The van der Waals surface area contributed by atoms with Crippen molar-refractivity contribution in [3.63, 3.8) is 0 Å². The predicted octanol–water partition coefficient (Wildman–Crippen LogP) is 7.80. The van der Waals surface area contributed by atoms with E-state index in [9.17, 15) is 4.79 Å². The fourth-order valence-corrected chi connectivity index (χ4v) is 3.91. The first-order valence-electron chi connectivity index (χ1n) is 10.9. The van der Waals surface area contributed by atoms with Crippen molar-refractivity contribution >= 4 is 23.0 Å². The molecule has 164 valence electrons. The number of aliphatic imine (C=N–C) groups is 1. The van der Waals surface area contributed by atoms with Gasteiger partial charge >= 0.3 is 5.63 Å². The van der Waals surface area contributed by atoms with Gasteiger partial charge in [-0.3, -0.25) is 0 Å². The van der Waals surface area contributed by atoms with Crippen LogP contribution in [0.3, 0.4) is 0 Å². The minimum atomic E-state index is -0.504. The number of hydrogen-bond donors (Lipinski definition) is 0. The molecule has 0 saturated carbocycles. The molecule has 34 heavy (non-hydrogen) atoms. The van der Waals surface area contributed by atoms with Crippen LogP contribution in [0.2, 0.25) is 5.02 Å². The quantitative estimate of drug-likeness (QED) is 0.250. The molecule has 0 saturated heterocycles. The van der Waals surface area contributed by atoms with Crippen molar-refractivity contribution in [2.24, 2.45) is 4.99 Å². The van der Waals surface area contributed by atoms with Crippen LogP contribution >= 0.6 is 11.6 Å². The van der Waals surface area contributed by atoms with Crippen LogP contribution in [0, 0.1) is 0 Å². The fraction of sp³-hybridized carbons (Fsp3) is 0. The van der Waals surface area contributed by atoms with Crippen molar-refractivity contribution in [2.45, 2.75) is 0 Å². The smallest absolute Gasteiger partial charge is 0.363 e. The first-order valence-corrected chi connectivity index (χ1v) is 11.3. The molecule has 5 aromatic rings. The van der Waals surface area contributed by atoms with Gasteiger partial charge in [-0.25, -0.2) is 9.79 Å². The average molecular weight is 462 g/mol. The summed E-state index contributed by atoms with van der Waals surface area (Å²) in [6.45, 7) is 0. The van der Waals surface area contributed by atoms with Gasteiger partial charge in [0.05, 0.1) is 5.71 Å². The van der Waals surface area contributed by atoms with E-state index in [4.69, 9.17) is 21.0 Å². The van der Waals surface area contributed by atoms with Gasteiger partial charge in [0, 0.05) is 27.3 Å². The van der Waals surface area contributed by atoms with Crippen LogP contribution < -0.4 is 5.63 Å². The molecular weight excluding hydrogens is 442 g/mol. The van der Waals surface area contributed by atoms with E-state index in [1.165, 1.54) is 0 Å². The van der Waals surface area contributed by atoms with Crippen LogP contribution in [0.5, 0.6) is 0 Å². The van der Waals surface area contributed by atoms with Crippen LogP contribution in [0.15, 0.2) is 136 Å². The molecule has 1 heterocycles. The van der Waals surface area contributed by atoms with Crippen molar-refractivity contribution in [3.8, 4) is 22.5 Å². The second-order valence-electron chi connectivity index (χ2n) is 7.73. The molecule has 0 atom stereocenters. The van der Waals surface area contributed by atoms with E-state index in [1.54, 1.807) is 12.1 Å². The van der Waals surface area contributed by atoms with Gasteiger partial charge in [-0.15, -0.1) is 0 Å². The Morgan fingerprint density at radius 2 is 1.18 bits per heavy atom. The lowest BCUT2D eigenvalue weighted by Gasteiger charge is -2.11. The Balaban J connectivity index is 1.76. The summed E-state index contributed by atoms with van der Waals surface area (Å²) in [5.41, 5.74) is 4.62. The van der Waals surface area contributed by atoms with Gasteiger partial charge in [0.1, 0.15) is 5.76 Å². The van der Waals surface area contributed by atoms with Crippen molar-refractivity contribution in [3.05, 3.63) is 148 Å². The third kappa shape index (κ3) is 4.61. The van der Waals surface area contributed by atoms with Gasteiger partial charge in [0.15, 0.2) is 5.69 Å². The molecule has 0 bridgehead atoms. The second-order valence-corrected chi connectivity index (χ2v) is 8.16. The Labute approximate surface area is 202 Å². The molecule has 0 unspecified atom stereocenters. The number of benzene rings is 4. The molecule has 4 heteroatoms. The van der Waals surface area contributed by atoms with Gasteiger partial charge in [0.25, 0.3) is 0 Å². The van der Waals surface area contributed by atoms with E-state index in [-0.39, 0.29) is 5.69 Å². The molecule has 5 rings (SSSR count). The summed E-state index contributed by atoms with van der Waals surface area (Å²) in [5.74, 6) is 0.459. The van der Waals surface area contributed by atoms with Gasteiger partial charge in [-0.05, 0) is 35.9 Å². The Morgan fingerprint density at radius 3 is 1.74 bits per heavy atom. The Bertz CT molecular complexity index is 1450. The molecule has 0 aliphatic carbocycles. The summed E-state index contributed by atoms with van der Waals surface area (Å²) in [7, 11) is 0. The van der Waals surface area contributed by atoms with E-state index in [1.807, 2.05) is 109 Å². The Morgan fingerprint density at radius 1 is 0.647 bits per heavy atom. The summed E-state index contributed by atoms with van der Waals surface area (Å²) in [4.78, 5) is 18.3. The third-order valence-corrected chi connectivity index (χ3v) is 5.71. The number of halogens is 1. The summed E-state index contributed by atoms with van der Waals surface area (Å²) in [6, 6.07) is 38.5. The monoisotopic (exact) mass is 461 g/mol. The largest absolute Gasteiger partial charge is 0.421 e. The van der Waals surface area contributed by atoms with E-state index in [0.717, 1.165) is 22.3 Å². The zero-order valence-electron chi connectivity index (χ0n) is 18.2. The maximum absolute atomic E-state index is 13.4. The standard InChI is InChI=1S/C30H20ClNO2/c31-25-18-16-22(17-19-25)27-20-26(21-10-4-1-5-11-21)29(30(33)34-27)32-28(23-12-6-2-7-13-23)24-14-8-3-9-15-24/h1-20H. The van der Waals surface area contributed by atoms with E-state index >= 15 is 0 Å². The highest BCUT2D eigenvalue weighted by Gasteiger charge is 2.17. The maximum atomic E-state index is 13.4. The highest BCUT2D eigenvalue weighted by atomic mass is 35.5. The topological polar surface area (TPSA) is 42.6 Å². The lowest BCUT2D eigenvalue weighted by atomic mass is 10.0. The van der Waals surface area contributed by atoms with Crippen molar-refractivity contribution in [1.82, 2.24) is 0 Å². The second kappa shape index (κ2) is 9.74. The summed E-state index contributed by atoms with van der Waals surface area (Å²) in [6.07, 6.45) is 0. The minimum Gasteiger partial charge on any atom is -0.421 e. The van der Waals surface area contributed by atoms with Crippen LogP contribution in [0.1, 0.15) is 11.1 Å². The van der Waals surface area contributed by atoms with Gasteiger partial charge in [0.2, 0.25) is 0 Å². The van der Waals surface area contributed by atoms with Crippen LogP contribution in [-0.4, -0.2) is 5.71 Å². The number of hydrogen-bond acceptors (Lipinski definition) is 3. The van der Waals surface area contributed by atoms with Crippen LogP contribution in [0.4, 0.5) is 5.69 Å². The molecule has 0 radical (unpaired) electrons. The Kier molecular flexibility index (Phi) is 6.19. The van der Waals surface area contributed by atoms with Crippen LogP contribution in [0.25, 0.3) is 22.5 Å². The van der Waals surface area contributed by atoms with E-state index in [2.05, 4.69) is 0 Å². The molecule has 0 fully saturated rings. The molecule has 0 aliphatic heterocycles. The highest BCUT2D eigenvalue weighted by molar-refractivity contribution is 6.30. The van der Waals surface area contributed by atoms with E-state index in [0.29, 0.717) is 22.1 Å². The van der Waals surface area contributed by atoms with Gasteiger partial charge < -0.3 is 4.42 Å². The van der Waals surface area contributed by atoms with Gasteiger partial charge in [-0.1, -0.05) is 103 Å². The first-order chi connectivity index (χ1) is 16.7. The molecule has 0 N–H and O–H groups in total. The summed E-state index contributed by atoms with van der Waals surface area (Å²) in [5, 5.41) is 0.617. The first kappa shape index (κ1) is 21.6. The molecule has 4 aromatic carbocycles. The van der Waals surface area contributed by atoms with E-state index < -0.39 is 5.63 Å². The van der Waals surface area contributed by atoms with Crippen molar-refractivity contribution < 1.29 is 4.42 Å². The molecule has 1 aromatic heterocycles. The molecular formula is C30H20ClNO2. The molecule has 0 amide bonds. The molecule has 0 aliphatic rings. The fourth-order valence-electron chi connectivity index (χ4n) is 3.79. The SMILES string of the molecule is O=c1oc(-c2ccc(Cl)cc2)cc(-c2ccccc2)c1N=C(c1ccccc1)c1ccccc1. The highest BCUT2D eigenvalue weighted by Crippen LogP contribution is 2.33. The normalized spacial score (nSPS) is 10.6. The van der Waals surface area contributed by atoms with Gasteiger partial charge in [-0.2, -0.15) is 0 Å². The lowest BCUT2D eigenvalue weighted by molar-refractivity contribution is 0.528. The average Bonchev–Trinajstić information content (AvgIpc) is 2.89.